The average molecular weight is 358 g/mol. The summed E-state index contributed by atoms with van der Waals surface area (Å²) in [4.78, 5) is 25.5. The van der Waals surface area contributed by atoms with Crippen LogP contribution in [0.2, 0.25) is 0 Å². The third-order valence-corrected chi connectivity index (χ3v) is 5.70. The number of ether oxygens (including phenoxy) is 1. The fraction of sp³-hybridized carbons (Fsp3) is 0.368. The minimum Gasteiger partial charge on any atom is -0.497 e. The van der Waals surface area contributed by atoms with Crippen LogP contribution in [0.5, 0.6) is 5.75 Å². The van der Waals surface area contributed by atoms with Gasteiger partial charge in [-0.1, -0.05) is 19.1 Å². The van der Waals surface area contributed by atoms with Gasteiger partial charge in [0.15, 0.2) is 0 Å². The molecule has 1 aliphatic rings. The number of nitrogens with two attached hydrogens (primary N) is 1. The van der Waals surface area contributed by atoms with Crippen molar-refractivity contribution < 1.29 is 14.3 Å². The van der Waals surface area contributed by atoms with Crippen molar-refractivity contribution in [3.05, 3.63) is 45.8 Å². The summed E-state index contributed by atoms with van der Waals surface area (Å²) in [5.41, 5.74) is 7.98. The Balaban J connectivity index is 1.77. The molecule has 1 aromatic carbocycles. The number of primary amides is 1. The van der Waals surface area contributed by atoms with Gasteiger partial charge in [-0.2, -0.15) is 0 Å². The van der Waals surface area contributed by atoms with Gasteiger partial charge in [-0.15, -0.1) is 11.3 Å². The molecule has 3 rings (SSSR count). The van der Waals surface area contributed by atoms with Crippen molar-refractivity contribution in [2.45, 2.75) is 32.6 Å². The van der Waals surface area contributed by atoms with Crippen molar-refractivity contribution in [2.24, 2.45) is 11.7 Å². The Hall–Kier alpha value is -2.34. The highest BCUT2D eigenvalue weighted by Crippen LogP contribution is 2.39. The first-order chi connectivity index (χ1) is 12.0. The van der Waals surface area contributed by atoms with Gasteiger partial charge in [0, 0.05) is 4.88 Å². The van der Waals surface area contributed by atoms with Crippen LogP contribution in [0, 0.1) is 5.92 Å². The maximum atomic E-state index is 12.4. The lowest BCUT2D eigenvalue weighted by Gasteiger charge is -2.18. The molecule has 0 saturated heterocycles. The summed E-state index contributed by atoms with van der Waals surface area (Å²) in [6, 6.07) is 7.36. The van der Waals surface area contributed by atoms with Gasteiger partial charge in [0.1, 0.15) is 10.8 Å². The van der Waals surface area contributed by atoms with E-state index in [1.807, 2.05) is 24.3 Å². The lowest BCUT2D eigenvalue weighted by Crippen LogP contribution is -2.20. The van der Waals surface area contributed by atoms with E-state index in [1.165, 1.54) is 16.2 Å². The van der Waals surface area contributed by atoms with E-state index in [2.05, 4.69) is 12.2 Å². The van der Waals surface area contributed by atoms with Crippen molar-refractivity contribution in [3.8, 4) is 5.75 Å². The first kappa shape index (κ1) is 17.5. The molecule has 0 saturated carbocycles. The van der Waals surface area contributed by atoms with Gasteiger partial charge >= 0.3 is 0 Å². The zero-order valence-corrected chi connectivity index (χ0v) is 15.2. The fourth-order valence-corrected chi connectivity index (χ4v) is 4.63. The van der Waals surface area contributed by atoms with Crippen molar-refractivity contribution in [3.63, 3.8) is 0 Å². The second kappa shape index (κ2) is 7.27. The molecule has 0 bridgehead atoms. The SMILES string of the molecule is COc1ccc(CC(=O)Nc2sc3c(c2C(N)=O)CCC(C)C3)cc1. The van der Waals surface area contributed by atoms with Crippen LogP contribution in [0.4, 0.5) is 5.00 Å². The maximum absolute atomic E-state index is 12.4. The van der Waals surface area contributed by atoms with E-state index < -0.39 is 5.91 Å². The van der Waals surface area contributed by atoms with E-state index in [9.17, 15) is 9.59 Å². The van der Waals surface area contributed by atoms with Gasteiger partial charge in [0.2, 0.25) is 5.91 Å². The Morgan fingerprint density at radius 3 is 2.68 bits per heavy atom. The minimum absolute atomic E-state index is 0.153. The van der Waals surface area contributed by atoms with Crippen LogP contribution < -0.4 is 15.8 Å². The molecule has 1 aliphatic carbocycles. The lowest BCUT2D eigenvalue weighted by molar-refractivity contribution is -0.115. The Bertz CT molecular complexity index is 796. The van der Waals surface area contributed by atoms with Crippen LogP contribution in [0.25, 0.3) is 0 Å². The zero-order valence-electron chi connectivity index (χ0n) is 14.4. The Morgan fingerprint density at radius 2 is 2.04 bits per heavy atom. The van der Waals surface area contributed by atoms with Gasteiger partial charge in [-0.05, 0) is 48.4 Å². The third-order valence-electron chi connectivity index (χ3n) is 4.53. The second-order valence-corrected chi connectivity index (χ2v) is 7.60. The van der Waals surface area contributed by atoms with E-state index in [-0.39, 0.29) is 12.3 Å². The summed E-state index contributed by atoms with van der Waals surface area (Å²) in [6.07, 6.45) is 3.07. The summed E-state index contributed by atoms with van der Waals surface area (Å²) in [5, 5.41) is 3.48. The number of fused-ring (bicyclic) bond motifs is 1. The van der Waals surface area contributed by atoms with E-state index in [4.69, 9.17) is 10.5 Å². The highest BCUT2D eigenvalue weighted by atomic mass is 32.1. The molecule has 1 unspecified atom stereocenters. The number of benzene rings is 1. The number of anilines is 1. The molecule has 1 heterocycles. The predicted molar refractivity (Wildman–Crippen MR) is 99.4 cm³/mol. The van der Waals surface area contributed by atoms with Crippen molar-refractivity contribution in [1.82, 2.24) is 0 Å². The van der Waals surface area contributed by atoms with Gasteiger partial charge in [0.05, 0.1) is 19.1 Å². The molecule has 0 aliphatic heterocycles. The molecule has 25 heavy (non-hydrogen) atoms. The highest BCUT2D eigenvalue weighted by Gasteiger charge is 2.27. The van der Waals surface area contributed by atoms with Gasteiger partial charge in [-0.3, -0.25) is 9.59 Å². The molecule has 0 fully saturated rings. The predicted octanol–water partition coefficient (Wildman–Crippen LogP) is 3.16. The van der Waals surface area contributed by atoms with Gasteiger partial charge in [-0.25, -0.2) is 0 Å². The minimum atomic E-state index is -0.466. The Morgan fingerprint density at radius 1 is 1.32 bits per heavy atom. The zero-order chi connectivity index (χ0) is 18.0. The number of carbonyl (C=O) groups is 2. The molecule has 132 valence electrons. The fourth-order valence-electron chi connectivity index (χ4n) is 3.20. The molecule has 0 radical (unpaired) electrons. The molecule has 5 nitrogen and oxygen atoms in total. The van der Waals surface area contributed by atoms with Crippen LogP contribution in [0.15, 0.2) is 24.3 Å². The molecule has 2 aromatic rings. The number of hydrogen-bond acceptors (Lipinski definition) is 4. The third kappa shape index (κ3) is 3.85. The van der Waals surface area contributed by atoms with Crippen LogP contribution in [0.1, 0.15) is 39.7 Å². The van der Waals surface area contributed by atoms with Gasteiger partial charge in [0.25, 0.3) is 5.91 Å². The summed E-state index contributed by atoms with van der Waals surface area (Å²) in [5.74, 6) is 0.723. The second-order valence-electron chi connectivity index (χ2n) is 6.49. The first-order valence-electron chi connectivity index (χ1n) is 8.35. The summed E-state index contributed by atoms with van der Waals surface area (Å²) in [7, 11) is 1.60. The Kier molecular flexibility index (Phi) is 5.08. The van der Waals surface area contributed by atoms with Crippen LogP contribution in [-0.2, 0) is 24.1 Å². The quantitative estimate of drug-likeness (QED) is 0.861. The molecular weight excluding hydrogens is 336 g/mol. The van der Waals surface area contributed by atoms with E-state index in [0.717, 1.165) is 36.1 Å². The molecule has 3 N–H and O–H groups in total. The molecule has 0 spiro atoms. The number of thiophene rings is 1. The Labute approximate surface area is 151 Å². The molecular formula is C19H22N2O3S. The van der Waals surface area contributed by atoms with Crippen molar-refractivity contribution >= 4 is 28.2 Å². The van der Waals surface area contributed by atoms with Crippen molar-refractivity contribution in [2.75, 3.05) is 12.4 Å². The average Bonchev–Trinajstić information content (AvgIpc) is 2.92. The number of amides is 2. The number of rotatable bonds is 5. The molecule has 6 heteroatoms. The number of nitrogens with one attached hydrogen (secondary N) is 1. The van der Waals surface area contributed by atoms with Crippen LogP contribution in [0.3, 0.4) is 0 Å². The lowest BCUT2D eigenvalue weighted by atomic mass is 9.88. The molecule has 2 amide bonds. The molecule has 1 atom stereocenters. The van der Waals surface area contributed by atoms with Crippen LogP contribution in [-0.4, -0.2) is 18.9 Å². The van der Waals surface area contributed by atoms with Crippen LogP contribution >= 0.6 is 11.3 Å². The largest absolute Gasteiger partial charge is 0.497 e. The maximum Gasteiger partial charge on any atom is 0.251 e. The smallest absolute Gasteiger partial charge is 0.251 e. The first-order valence-corrected chi connectivity index (χ1v) is 9.16. The monoisotopic (exact) mass is 358 g/mol. The van der Waals surface area contributed by atoms with E-state index in [0.29, 0.717) is 16.5 Å². The standard InChI is InChI=1S/C19H22N2O3S/c1-11-3-8-14-15(9-11)25-19(17(14)18(20)23)21-16(22)10-12-4-6-13(24-2)7-5-12/h4-7,11H,3,8-10H2,1-2H3,(H2,20,23)(H,21,22). The normalized spacial score (nSPS) is 16.2. The summed E-state index contributed by atoms with van der Waals surface area (Å²) >= 11 is 1.49. The van der Waals surface area contributed by atoms with Gasteiger partial charge < -0.3 is 15.8 Å². The topological polar surface area (TPSA) is 81.4 Å². The highest BCUT2D eigenvalue weighted by molar-refractivity contribution is 7.17. The number of carbonyl (C=O) groups excluding carboxylic acids is 2. The van der Waals surface area contributed by atoms with E-state index in [1.54, 1.807) is 7.11 Å². The number of hydrogen-bond donors (Lipinski definition) is 2. The molecule has 1 aromatic heterocycles. The van der Waals surface area contributed by atoms with Crippen molar-refractivity contribution in [1.29, 1.82) is 0 Å². The number of methoxy groups -OCH3 is 1. The van der Waals surface area contributed by atoms with E-state index >= 15 is 0 Å². The summed E-state index contributed by atoms with van der Waals surface area (Å²) in [6.45, 7) is 2.20. The summed E-state index contributed by atoms with van der Waals surface area (Å²) < 4.78 is 5.12.